The number of pyridine rings is 2. The third kappa shape index (κ3) is 10.3. The molecule has 0 saturated carbocycles. The number of hydrogen-bond acceptors (Lipinski definition) is 8. The number of rotatable bonds is 14. The first-order valence-electron chi connectivity index (χ1n) is 11.1. The summed E-state index contributed by atoms with van der Waals surface area (Å²) in [7, 11) is 0. The molecule has 2 atom stereocenters. The Morgan fingerprint density at radius 2 is 1.24 bits per heavy atom. The zero-order chi connectivity index (χ0) is 24.8. The number of nitrogens with one attached hydrogen (secondary N) is 2. The molecule has 0 aromatic carbocycles. The van der Waals surface area contributed by atoms with Gasteiger partial charge in [0.2, 0.25) is 0 Å². The van der Waals surface area contributed by atoms with Crippen molar-refractivity contribution in [2.75, 3.05) is 13.1 Å². The van der Waals surface area contributed by atoms with Crippen LogP contribution in [0.1, 0.15) is 25.2 Å². The van der Waals surface area contributed by atoms with E-state index in [0.717, 1.165) is 49.5 Å². The summed E-state index contributed by atoms with van der Waals surface area (Å²) in [5.41, 5.74) is 1.73. The van der Waals surface area contributed by atoms with Crippen molar-refractivity contribution < 1.29 is 19.1 Å². The van der Waals surface area contributed by atoms with Gasteiger partial charge in [0.1, 0.15) is 11.5 Å². The van der Waals surface area contributed by atoms with Crippen molar-refractivity contribution in [2.45, 2.75) is 38.8 Å². The van der Waals surface area contributed by atoms with E-state index in [1.165, 1.54) is 12.4 Å². The van der Waals surface area contributed by atoms with E-state index < -0.39 is 11.9 Å². The van der Waals surface area contributed by atoms with E-state index in [1.807, 2.05) is 0 Å². The normalized spacial score (nSPS) is 12.6. The molecular weight excluding hydrogens is 432 g/mol. The Hall–Kier alpha value is -3.62. The molecule has 0 aliphatic carbocycles. The number of ether oxygens (including phenoxy) is 2. The summed E-state index contributed by atoms with van der Waals surface area (Å²) in [6.07, 6.45) is 10.0. The highest BCUT2D eigenvalue weighted by molar-refractivity contribution is 5.93. The van der Waals surface area contributed by atoms with Gasteiger partial charge in [-0.25, -0.2) is 9.59 Å². The van der Waals surface area contributed by atoms with Gasteiger partial charge in [0.15, 0.2) is 0 Å². The maximum absolute atomic E-state index is 12.0. The molecule has 8 heteroatoms. The first-order chi connectivity index (χ1) is 16.4. The fourth-order valence-corrected chi connectivity index (χ4v) is 2.96. The number of esters is 2. The summed E-state index contributed by atoms with van der Waals surface area (Å²) >= 11 is 0. The standard InChI is InChI=1S/C26H32N4O4/c1-5-13-27-19(3)15-21-7-9-23(17-29-21)33-25(31)11-12-26(32)34-24-10-8-22(30-18-24)16-20(4)28-14-6-2/h5-12,17-20,27-28H,1-2,13-16H2,3-4H3/b12-11+. The average Bonchev–Trinajstić information content (AvgIpc) is 2.82. The lowest BCUT2D eigenvalue weighted by Crippen LogP contribution is -2.28. The van der Waals surface area contributed by atoms with E-state index in [2.05, 4.69) is 47.6 Å². The van der Waals surface area contributed by atoms with Gasteiger partial charge in [-0.15, -0.1) is 13.2 Å². The van der Waals surface area contributed by atoms with Gasteiger partial charge in [-0.2, -0.15) is 0 Å². The zero-order valence-corrected chi connectivity index (χ0v) is 19.7. The molecule has 0 bridgehead atoms. The number of aromatic nitrogens is 2. The van der Waals surface area contributed by atoms with E-state index in [-0.39, 0.29) is 23.6 Å². The van der Waals surface area contributed by atoms with Crippen molar-refractivity contribution >= 4 is 11.9 Å². The molecule has 2 rings (SSSR count). The van der Waals surface area contributed by atoms with E-state index in [4.69, 9.17) is 9.47 Å². The SMILES string of the molecule is C=CCNC(C)Cc1ccc(OC(=O)/C=C/C(=O)Oc2ccc(CC(C)NCC=C)nc2)cn1. The first kappa shape index (κ1) is 26.6. The molecule has 2 heterocycles. The van der Waals surface area contributed by atoms with Gasteiger partial charge in [0, 0.05) is 61.6 Å². The summed E-state index contributed by atoms with van der Waals surface area (Å²) in [5.74, 6) is -0.839. The monoisotopic (exact) mass is 464 g/mol. The highest BCUT2D eigenvalue weighted by Gasteiger charge is 2.08. The summed E-state index contributed by atoms with van der Waals surface area (Å²) in [4.78, 5) is 32.6. The van der Waals surface area contributed by atoms with Crippen LogP contribution in [-0.4, -0.2) is 47.1 Å². The number of carbonyl (C=O) groups is 2. The van der Waals surface area contributed by atoms with Crippen LogP contribution in [0.5, 0.6) is 11.5 Å². The Bertz CT molecular complexity index is 892. The maximum atomic E-state index is 12.0. The third-order valence-corrected chi connectivity index (χ3v) is 4.64. The molecule has 2 aromatic heterocycles. The molecule has 0 aliphatic rings. The van der Waals surface area contributed by atoms with Crippen molar-refractivity contribution in [3.63, 3.8) is 0 Å². The molecule has 34 heavy (non-hydrogen) atoms. The molecule has 0 amide bonds. The predicted octanol–water partition coefficient (Wildman–Crippen LogP) is 2.96. The van der Waals surface area contributed by atoms with Crippen molar-refractivity contribution in [1.29, 1.82) is 0 Å². The fraction of sp³-hybridized carbons (Fsp3) is 0.308. The number of carbonyl (C=O) groups excluding carboxylic acids is 2. The Morgan fingerprint density at radius 3 is 1.56 bits per heavy atom. The average molecular weight is 465 g/mol. The van der Waals surface area contributed by atoms with Crippen LogP contribution < -0.4 is 20.1 Å². The minimum absolute atomic E-state index is 0.238. The summed E-state index contributed by atoms with van der Waals surface area (Å²) in [6.45, 7) is 12.9. The van der Waals surface area contributed by atoms with Crippen molar-refractivity contribution in [2.24, 2.45) is 0 Å². The van der Waals surface area contributed by atoms with Crippen LogP contribution >= 0.6 is 0 Å². The molecule has 8 nitrogen and oxygen atoms in total. The first-order valence-corrected chi connectivity index (χ1v) is 11.1. The minimum Gasteiger partial charge on any atom is -0.422 e. The van der Waals surface area contributed by atoms with Gasteiger partial charge < -0.3 is 20.1 Å². The zero-order valence-electron chi connectivity index (χ0n) is 19.7. The molecule has 0 radical (unpaired) electrons. The van der Waals surface area contributed by atoms with E-state index in [0.29, 0.717) is 0 Å². The van der Waals surface area contributed by atoms with Crippen LogP contribution in [0, 0.1) is 0 Å². The Morgan fingerprint density at radius 1 is 0.824 bits per heavy atom. The van der Waals surface area contributed by atoms with Crippen molar-refractivity contribution in [3.05, 3.63) is 85.5 Å². The van der Waals surface area contributed by atoms with E-state index >= 15 is 0 Å². The highest BCUT2D eigenvalue weighted by Crippen LogP contribution is 2.12. The van der Waals surface area contributed by atoms with Gasteiger partial charge in [-0.3, -0.25) is 9.97 Å². The molecule has 0 aliphatic heterocycles. The summed E-state index contributed by atoms with van der Waals surface area (Å²) in [5, 5.41) is 6.57. The molecule has 2 aromatic rings. The van der Waals surface area contributed by atoms with Crippen LogP contribution in [0.15, 0.2) is 74.1 Å². The largest absolute Gasteiger partial charge is 0.422 e. The Balaban J connectivity index is 1.78. The lowest BCUT2D eigenvalue weighted by molar-refractivity contribution is -0.131. The van der Waals surface area contributed by atoms with Gasteiger partial charge in [0.25, 0.3) is 0 Å². The van der Waals surface area contributed by atoms with E-state index in [9.17, 15) is 9.59 Å². The summed E-state index contributed by atoms with van der Waals surface area (Å²) < 4.78 is 10.3. The van der Waals surface area contributed by atoms with E-state index in [1.54, 1.807) is 36.4 Å². The molecular formula is C26H32N4O4. The number of hydrogen-bond donors (Lipinski definition) is 2. The van der Waals surface area contributed by atoms with Crippen molar-refractivity contribution in [3.8, 4) is 11.5 Å². The molecule has 0 fully saturated rings. The lowest BCUT2D eigenvalue weighted by Gasteiger charge is -2.11. The Labute approximate surface area is 200 Å². The fourth-order valence-electron chi connectivity index (χ4n) is 2.96. The van der Waals surface area contributed by atoms with Crippen LogP contribution in [0.4, 0.5) is 0 Å². The van der Waals surface area contributed by atoms with Crippen LogP contribution in [0.3, 0.4) is 0 Å². The molecule has 2 unspecified atom stereocenters. The van der Waals surface area contributed by atoms with Crippen molar-refractivity contribution in [1.82, 2.24) is 20.6 Å². The van der Waals surface area contributed by atoms with Gasteiger partial charge in [-0.1, -0.05) is 12.2 Å². The minimum atomic E-state index is -0.706. The lowest BCUT2D eigenvalue weighted by atomic mass is 10.1. The van der Waals surface area contributed by atoms with Crippen LogP contribution in [0.2, 0.25) is 0 Å². The van der Waals surface area contributed by atoms with Gasteiger partial charge in [-0.05, 0) is 38.1 Å². The molecule has 0 spiro atoms. The van der Waals surface area contributed by atoms with Gasteiger partial charge >= 0.3 is 11.9 Å². The van der Waals surface area contributed by atoms with Crippen LogP contribution in [-0.2, 0) is 22.4 Å². The third-order valence-electron chi connectivity index (χ3n) is 4.64. The quantitative estimate of drug-likeness (QED) is 0.250. The highest BCUT2D eigenvalue weighted by atomic mass is 16.5. The molecule has 0 saturated heterocycles. The Kier molecular flexibility index (Phi) is 11.4. The molecule has 180 valence electrons. The second-order valence-electron chi connectivity index (χ2n) is 7.75. The number of nitrogens with zero attached hydrogens (tertiary/aromatic N) is 2. The van der Waals surface area contributed by atoms with Gasteiger partial charge in [0.05, 0.1) is 12.4 Å². The second-order valence-corrected chi connectivity index (χ2v) is 7.75. The maximum Gasteiger partial charge on any atom is 0.336 e. The molecule has 2 N–H and O–H groups in total. The second kappa shape index (κ2) is 14.5. The smallest absolute Gasteiger partial charge is 0.336 e. The topological polar surface area (TPSA) is 102 Å². The van der Waals surface area contributed by atoms with Crippen LogP contribution in [0.25, 0.3) is 0 Å². The predicted molar refractivity (Wildman–Crippen MR) is 132 cm³/mol. The summed E-state index contributed by atoms with van der Waals surface area (Å²) in [6, 6.07) is 7.38.